The fraction of sp³-hybridized carbons (Fsp3) is 0.0769. The Labute approximate surface area is 115 Å². The van der Waals surface area contributed by atoms with Crippen LogP contribution in [0.1, 0.15) is 5.56 Å². The third-order valence-corrected chi connectivity index (χ3v) is 3.21. The molecule has 100 valence electrons. The molecule has 3 aromatic rings. The molecule has 20 heavy (non-hydrogen) atoms. The Morgan fingerprint density at radius 1 is 1.10 bits per heavy atom. The van der Waals surface area contributed by atoms with E-state index in [1.807, 2.05) is 29.0 Å². The van der Waals surface area contributed by atoms with E-state index < -0.39 is 7.12 Å². The second-order valence-electron chi connectivity index (χ2n) is 4.55. The summed E-state index contributed by atoms with van der Waals surface area (Å²) in [5.74, 6) is 0.447. The van der Waals surface area contributed by atoms with E-state index >= 15 is 0 Å². The van der Waals surface area contributed by atoms with Crippen LogP contribution in [0.4, 0.5) is 5.82 Å². The third kappa shape index (κ3) is 2.24. The number of anilines is 1. The van der Waals surface area contributed by atoms with E-state index in [0.29, 0.717) is 17.8 Å². The van der Waals surface area contributed by atoms with Crippen molar-refractivity contribution in [2.24, 2.45) is 0 Å². The predicted molar refractivity (Wildman–Crippen MR) is 77.3 cm³/mol. The van der Waals surface area contributed by atoms with Crippen molar-refractivity contribution >= 4 is 29.4 Å². The van der Waals surface area contributed by atoms with Gasteiger partial charge in [0.15, 0.2) is 5.82 Å². The molecule has 0 spiro atoms. The van der Waals surface area contributed by atoms with Crippen molar-refractivity contribution in [3.63, 3.8) is 0 Å². The highest BCUT2D eigenvalue weighted by Gasteiger charge is 2.11. The SMILES string of the molecule is Nc1ncnc2ccn(Cc3ccc(B(O)O)cc3)c12. The van der Waals surface area contributed by atoms with Crippen molar-refractivity contribution in [1.29, 1.82) is 0 Å². The first-order valence-electron chi connectivity index (χ1n) is 6.15. The standard InChI is InChI=1S/C13H13BN4O2/c15-13-12-11(16-8-17-13)5-6-18(12)7-9-1-3-10(4-2-9)14(19)20/h1-6,8,19-20H,7H2,(H2,15,16,17). The van der Waals surface area contributed by atoms with Gasteiger partial charge in [-0.15, -0.1) is 0 Å². The fourth-order valence-electron chi connectivity index (χ4n) is 2.18. The Balaban J connectivity index is 1.93. The molecule has 1 aromatic carbocycles. The number of nitrogen functional groups attached to an aromatic ring is 1. The van der Waals surface area contributed by atoms with E-state index in [0.717, 1.165) is 16.6 Å². The zero-order chi connectivity index (χ0) is 14.1. The van der Waals surface area contributed by atoms with Crippen LogP contribution in [-0.2, 0) is 6.54 Å². The Morgan fingerprint density at radius 3 is 2.55 bits per heavy atom. The molecule has 3 rings (SSSR count). The number of rotatable bonds is 3. The first-order valence-corrected chi connectivity index (χ1v) is 6.15. The van der Waals surface area contributed by atoms with Crippen LogP contribution in [0.15, 0.2) is 42.9 Å². The number of aromatic nitrogens is 3. The molecule has 7 heteroatoms. The molecule has 0 unspecified atom stereocenters. The maximum atomic E-state index is 9.07. The van der Waals surface area contributed by atoms with Gasteiger partial charge < -0.3 is 20.3 Å². The highest BCUT2D eigenvalue weighted by atomic mass is 16.4. The molecular weight excluding hydrogens is 255 g/mol. The molecule has 0 amide bonds. The molecule has 0 saturated carbocycles. The van der Waals surface area contributed by atoms with Gasteiger partial charge in [0.2, 0.25) is 0 Å². The minimum absolute atomic E-state index is 0.447. The quantitative estimate of drug-likeness (QED) is 0.569. The molecule has 0 bridgehead atoms. The lowest BCUT2D eigenvalue weighted by molar-refractivity contribution is 0.426. The Kier molecular flexibility index (Phi) is 3.13. The molecule has 0 fully saturated rings. The van der Waals surface area contributed by atoms with Crippen LogP contribution in [-0.4, -0.2) is 31.7 Å². The van der Waals surface area contributed by atoms with E-state index in [4.69, 9.17) is 15.8 Å². The zero-order valence-corrected chi connectivity index (χ0v) is 10.6. The van der Waals surface area contributed by atoms with Crippen molar-refractivity contribution in [2.75, 3.05) is 5.73 Å². The predicted octanol–water partition coefficient (Wildman–Crippen LogP) is -0.258. The lowest BCUT2D eigenvalue weighted by Crippen LogP contribution is -2.29. The molecular formula is C13H13BN4O2. The normalized spacial score (nSPS) is 10.9. The molecule has 0 atom stereocenters. The number of benzene rings is 1. The van der Waals surface area contributed by atoms with Crippen LogP contribution in [0.5, 0.6) is 0 Å². The summed E-state index contributed by atoms with van der Waals surface area (Å²) in [5, 5.41) is 18.1. The van der Waals surface area contributed by atoms with Gasteiger partial charge in [0.05, 0.1) is 5.52 Å². The Hall–Kier alpha value is -2.38. The summed E-state index contributed by atoms with van der Waals surface area (Å²) in [4.78, 5) is 8.16. The van der Waals surface area contributed by atoms with Crippen molar-refractivity contribution in [2.45, 2.75) is 6.54 Å². The molecule has 0 aliphatic rings. The number of nitrogens with zero attached hydrogens (tertiary/aromatic N) is 3. The van der Waals surface area contributed by atoms with E-state index in [2.05, 4.69) is 9.97 Å². The third-order valence-electron chi connectivity index (χ3n) is 3.21. The molecule has 0 radical (unpaired) electrons. The van der Waals surface area contributed by atoms with Gasteiger partial charge in [-0.3, -0.25) is 0 Å². The Morgan fingerprint density at radius 2 is 1.85 bits per heavy atom. The van der Waals surface area contributed by atoms with Crippen LogP contribution in [0, 0.1) is 0 Å². The number of hydrogen-bond donors (Lipinski definition) is 3. The minimum atomic E-state index is -1.44. The van der Waals surface area contributed by atoms with Crippen molar-refractivity contribution in [3.8, 4) is 0 Å². The molecule has 0 aliphatic heterocycles. The number of hydrogen-bond acceptors (Lipinski definition) is 5. The van der Waals surface area contributed by atoms with E-state index in [1.54, 1.807) is 12.1 Å². The summed E-state index contributed by atoms with van der Waals surface area (Å²) in [6.45, 7) is 0.614. The molecule has 6 nitrogen and oxygen atoms in total. The minimum Gasteiger partial charge on any atom is -0.423 e. The molecule has 2 aromatic heterocycles. The van der Waals surface area contributed by atoms with Crippen molar-refractivity contribution in [1.82, 2.24) is 14.5 Å². The van der Waals surface area contributed by atoms with Gasteiger partial charge in [-0.2, -0.15) is 0 Å². The van der Waals surface area contributed by atoms with Crippen LogP contribution < -0.4 is 11.2 Å². The van der Waals surface area contributed by atoms with Crippen LogP contribution in [0.3, 0.4) is 0 Å². The number of fused-ring (bicyclic) bond motifs is 1. The molecule has 4 N–H and O–H groups in total. The first kappa shape index (κ1) is 12.6. The number of nitrogens with two attached hydrogens (primary N) is 1. The van der Waals surface area contributed by atoms with Crippen LogP contribution >= 0.6 is 0 Å². The van der Waals surface area contributed by atoms with Crippen LogP contribution in [0.25, 0.3) is 11.0 Å². The van der Waals surface area contributed by atoms with Gasteiger partial charge in [0.1, 0.15) is 11.8 Å². The average Bonchev–Trinajstić information content (AvgIpc) is 2.84. The first-order chi connectivity index (χ1) is 9.65. The summed E-state index contributed by atoms with van der Waals surface area (Å²) in [6, 6.07) is 8.96. The maximum absolute atomic E-state index is 9.07. The van der Waals surface area contributed by atoms with Gasteiger partial charge in [0.25, 0.3) is 0 Å². The monoisotopic (exact) mass is 268 g/mol. The van der Waals surface area contributed by atoms with E-state index in [-0.39, 0.29) is 0 Å². The average molecular weight is 268 g/mol. The second-order valence-corrected chi connectivity index (χ2v) is 4.55. The lowest BCUT2D eigenvalue weighted by atomic mass is 9.80. The van der Waals surface area contributed by atoms with Gasteiger partial charge in [-0.1, -0.05) is 24.3 Å². The van der Waals surface area contributed by atoms with Gasteiger partial charge in [-0.05, 0) is 17.1 Å². The molecule has 0 saturated heterocycles. The van der Waals surface area contributed by atoms with Gasteiger partial charge in [-0.25, -0.2) is 9.97 Å². The molecule has 2 heterocycles. The zero-order valence-electron chi connectivity index (χ0n) is 10.6. The fourth-order valence-corrected chi connectivity index (χ4v) is 2.18. The highest BCUT2D eigenvalue weighted by Crippen LogP contribution is 2.18. The summed E-state index contributed by atoms with van der Waals surface area (Å²) in [6.07, 6.45) is 3.35. The summed E-state index contributed by atoms with van der Waals surface area (Å²) in [7, 11) is -1.44. The smallest absolute Gasteiger partial charge is 0.423 e. The van der Waals surface area contributed by atoms with Gasteiger partial charge in [0, 0.05) is 12.7 Å². The molecule has 0 aliphatic carbocycles. The van der Waals surface area contributed by atoms with E-state index in [9.17, 15) is 0 Å². The maximum Gasteiger partial charge on any atom is 0.488 e. The van der Waals surface area contributed by atoms with Gasteiger partial charge >= 0.3 is 7.12 Å². The lowest BCUT2D eigenvalue weighted by Gasteiger charge is -2.07. The second kappa shape index (κ2) is 4.95. The largest absolute Gasteiger partial charge is 0.488 e. The van der Waals surface area contributed by atoms with E-state index in [1.165, 1.54) is 6.33 Å². The Bertz CT molecular complexity index is 740. The topological polar surface area (TPSA) is 97.2 Å². The highest BCUT2D eigenvalue weighted by molar-refractivity contribution is 6.58. The summed E-state index contributed by atoms with van der Waals surface area (Å²) >= 11 is 0. The summed E-state index contributed by atoms with van der Waals surface area (Å²) < 4.78 is 1.97. The van der Waals surface area contributed by atoms with Crippen LogP contribution in [0.2, 0.25) is 0 Å². The van der Waals surface area contributed by atoms with Crippen molar-refractivity contribution < 1.29 is 10.0 Å². The van der Waals surface area contributed by atoms with Crippen molar-refractivity contribution in [3.05, 3.63) is 48.4 Å². The summed E-state index contributed by atoms with van der Waals surface area (Å²) in [5.41, 5.74) is 8.98.